The van der Waals surface area contributed by atoms with Crippen molar-refractivity contribution in [2.24, 2.45) is 0 Å². The number of piperazine rings is 1. The molecule has 144 valence electrons. The SMILES string of the molecule is Cc1nn(C(C)C)c2nc(C3CC3)cc(C(=O)N3CCN4CCCC4C3)c12. The lowest BCUT2D eigenvalue weighted by atomic mass is 10.0. The molecule has 6 heteroatoms. The molecule has 3 fully saturated rings. The number of fused-ring (bicyclic) bond motifs is 2. The third kappa shape index (κ3) is 2.85. The van der Waals surface area contributed by atoms with Gasteiger partial charge in [-0.2, -0.15) is 5.10 Å². The second-order valence-electron chi connectivity index (χ2n) is 8.77. The fourth-order valence-corrected chi connectivity index (χ4v) is 4.80. The zero-order valence-electron chi connectivity index (χ0n) is 16.6. The van der Waals surface area contributed by atoms with E-state index in [2.05, 4.69) is 29.7 Å². The molecule has 1 aliphatic carbocycles. The van der Waals surface area contributed by atoms with E-state index in [0.29, 0.717) is 12.0 Å². The van der Waals surface area contributed by atoms with Crippen molar-refractivity contribution in [1.29, 1.82) is 0 Å². The summed E-state index contributed by atoms with van der Waals surface area (Å²) in [6.45, 7) is 10.1. The van der Waals surface area contributed by atoms with Gasteiger partial charge in [0.15, 0.2) is 5.65 Å². The van der Waals surface area contributed by atoms with Crippen LogP contribution in [-0.2, 0) is 0 Å². The lowest BCUT2D eigenvalue weighted by Gasteiger charge is -2.37. The van der Waals surface area contributed by atoms with Gasteiger partial charge in [0.25, 0.3) is 5.91 Å². The average molecular weight is 367 g/mol. The molecule has 2 aliphatic heterocycles. The van der Waals surface area contributed by atoms with E-state index in [9.17, 15) is 4.79 Å². The van der Waals surface area contributed by atoms with Gasteiger partial charge in [0.05, 0.1) is 16.6 Å². The second kappa shape index (κ2) is 6.30. The number of carbonyl (C=O) groups excluding carboxylic acids is 1. The Balaban J connectivity index is 1.58. The van der Waals surface area contributed by atoms with Crippen LogP contribution in [0.5, 0.6) is 0 Å². The van der Waals surface area contributed by atoms with Gasteiger partial charge in [0.2, 0.25) is 0 Å². The van der Waals surface area contributed by atoms with E-state index in [1.54, 1.807) is 0 Å². The summed E-state index contributed by atoms with van der Waals surface area (Å²) in [5.74, 6) is 0.686. The summed E-state index contributed by atoms with van der Waals surface area (Å²) in [6, 6.07) is 2.85. The molecule has 2 saturated heterocycles. The number of hydrogen-bond donors (Lipinski definition) is 0. The van der Waals surface area contributed by atoms with E-state index >= 15 is 0 Å². The molecular weight excluding hydrogens is 338 g/mol. The van der Waals surface area contributed by atoms with Crippen LogP contribution in [0.4, 0.5) is 0 Å². The van der Waals surface area contributed by atoms with Crippen molar-refractivity contribution in [3.05, 3.63) is 23.0 Å². The summed E-state index contributed by atoms with van der Waals surface area (Å²) >= 11 is 0. The van der Waals surface area contributed by atoms with E-state index in [4.69, 9.17) is 10.1 Å². The van der Waals surface area contributed by atoms with Crippen LogP contribution in [0.25, 0.3) is 11.0 Å². The minimum atomic E-state index is 0.169. The minimum Gasteiger partial charge on any atom is -0.336 e. The number of pyridine rings is 1. The van der Waals surface area contributed by atoms with Gasteiger partial charge in [-0.25, -0.2) is 9.67 Å². The Morgan fingerprint density at radius 2 is 2.00 bits per heavy atom. The van der Waals surface area contributed by atoms with Gasteiger partial charge < -0.3 is 4.90 Å². The highest BCUT2D eigenvalue weighted by Crippen LogP contribution is 2.41. The molecule has 2 aromatic rings. The fraction of sp³-hybridized carbons (Fsp3) is 0.667. The molecule has 2 aromatic heterocycles. The van der Waals surface area contributed by atoms with Crippen LogP contribution in [0.3, 0.4) is 0 Å². The average Bonchev–Trinajstić information content (AvgIpc) is 3.31. The molecule has 1 saturated carbocycles. The Hall–Kier alpha value is -1.95. The number of rotatable bonds is 3. The highest BCUT2D eigenvalue weighted by molar-refractivity contribution is 6.06. The maximum Gasteiger partial charge on any atom is 0.254 e. The van der Waals surface area contributed by atoms with Crippen molar-refractivity contribution in [2.75, 3.05) is 26.2 Å². The molecule has 3 aliphatic rings. The van der Waals surface area contributed by atoms with E-state index in [1.165, 1.54) is 32.2 Å². The van der Waals surface area contributed by atoms with Crippen molar-refractivity contribution in [2.45, 2.75) is 64.5 Å². The first-order valence-electron chi connectivity index (χ1n) is 10.5. The van der Waals surface area contributed by atoms with Crippen LogP contribution in [0.15, 0.2) is 6.07 Å². The Morgan fingerprint density at radius 1 is 1.19 bits per heavy atom. The number of nitrogens with zero attached hydrogens (tertiary/aromatic N) is 5. The van der Waals surface area contributed by atoms with Crippen molar-refractivity contribution < 1.29 is 4.79 Å². The molecule has 4 heterocycles. The van der Waals surface area contributed by atoms with Crippen molar-refractivity contribution in [3.8, 4) is 0 Å². The van der Waals surface area contributed by atoms with E-state index in [0.717, 1.165) is 47.6 Å². The normalized spacial score (nSPS) is 23.4. The quantitative estimate of drug-likeness (QED) is 0.836. The molecule has 0 spiro atoms. The summed E-state index contributed by atoms with van der Waals surface area (Å²) in [7, 11) is 0. The van der Waals surface area contributed by atoms with Crippen LogP contribution in [0.2, 0.25) is 0 Å². The molecule has 0 aromatic carbocycles. The molecule has 27 heavy (non-hydrogen) atoms. The predicted octanol–water partition coefficient (Wildman–Crippen LogP) is 3.12. The summed E-state index contributed by atoms with van der Waals surface area (Å²) in [5, 5.41) is 5.68. The molecule has 1 atom stereocenters. The zero-order chi connectivity index (χ0) is 18.7. The lowest BCUT2D eigenvalue weighted by molar-refractivity contribution is 0.0573. The first-order chi connectivity index (χ1) is 13.0. The van der Waals surface area contributed by atoms with Gasteiger partial charge in [-0.1, -0.05) is 0 Å². The van der Waals surface area contributed by atoms with Gasteiger partial charge in [-0.3, -0.25) is 9.69 Å². The Morgan fingerprint density at radius 3 is 2.74 bits per heavy atom. The van der Waals surface area contributed by atoms with E-state index in [1.807, 2.05) is 11.6 Å². The first kappa shape index (κ1) is 17.2. The third-order valence-corrected chi connectivity index (χ3v) is 6.45. The van der Waals surface area contributed by atoms with Gasteiger partial charge in [-0.15, -0.1) is 0 Å². The highest BCUT2D eigenvalue weighted by Gasteiger charge is 2.35. The van der Waals surface area contributed by atoms with Crippen molar-refractivity contribution in [3.63, 3.8) is 0 Å². The second-order valence-corrected chi connectivity index (χ2v) is 8.77. The molecule has 6 nitrogen and oxygen atoms in total. The number of amides is 1. The fourth-order valence-electron chi connectivity index (χ4n) is 4.80. The monoisotopic (exact) mass is 367 g/mol. The molecule has 0 radical (unpaired) electrons. The molecule has 0 bridgehead atoms. The predicted molar refractivity (Wildman–Crippen MR) is 105 cm³/mol. The van der Waals surface area contributed by atoms with Crippen LogP contribution >= 0.6 is 0 Å². The number of aryl methyl sites for hydroxylation is 1. The highest BCUT2D eigenvalue weighted by atomic mass is 16.2. The Bertz CT molecular complexity index is 898. The largest absolute Gasteiger partial charge is 0.336 e. The van der Waals surface area contributed by atoms with Crippen molar-refractivity contribution in [1.82, 2.24) is 24.6 Å². The van der Waals surface area contributed by atoms with Crippen LogP contribution in [0.1, 0.15) is 73.2 Å². The summed E-state index contributed by atoms with van der Waals surface area (Å²) in [6.07, 6.45) is 4.84. The molecular formula is C21H29N5O. The maximum absolute atomic E-state index is 13.6. The van der Waals surface area contributed by atoms with E-state index in [-0.39, 0.29) is 11.9 Å². The Kier molecular flexibility index (Phi) is 4.00. The van der Waals surface area contributed by atoms with Gasteiger partial charge in [0.1, 0.15) is 0 Å². The van der Waals surface area contributed by atoms with Gasteiger partial charge in [0, 0.05) is 43.3 Å². The smallest absolute Gasteiger partial charge is 0.254 e. The number of hydrogen-bond acceptors (Lipinski definition) is 4. The summed E-state index contributed by atoms with van der Waals surface area (Å²) in [4.78, 5) is 23.1. The lowest BCUT2D eigenvalue weighted by Crippen LogP contribution is -2.52. The molecule has 5 rings (SSSR count). The minimum absolute atomic E-state index is 0.169. The summed E-state index contributed by atoms with van der Waals surface area (Å²) < 4.78 is 1.99. The zero-order valence-corrected chi connectivity index (χ0v) is 16.6. The molecule has 0 N–H and O–H groups in total. The van der Waals surface area contributed by atoms with Gasteiger partial charge in [-0.05, 0) is 59.1 Å². The molecule has 1 unspecified atom stereocenters. The van der Waals surface area contributed by atoms with Crippen LogP contribution in [0, 0.1) is 6.92 Å². The summed E-state index contributed by atoms with van der Waals surface area (Å²) in [5.41, 5.74) is 3.69. The van der Waals surface area contributed by atoms with Gasteiger partial charge >= 0.3 is 0 Å². The third-order valence-electron chi connectivity index (χ3n) is 6.45. The van der Waals surface area contributed by atoms with E-state index < -0.39 is 0 Å². The first-order valence-corrected chi connectivity index (χ1v) is 10.5. The van der Waals surface area contributed by atoms with Crippen LogP contribution < -0.4 is 0 Å². The van der Waals surface area contributed by atoms with Crippen molar-refractivity contribution >= 4 is 16.9 Å². The Labute approximate surface area is 160 Å². The number of aromatic nitrogens is 3. The standard InChI is InChI=1S/C21H29N5O/c1-13(2)26-20-19(14(3)23-26)17(11-18(22-20)15-6-7-15)21(27)25-10-9-24-8-4-5-16(24)12-25/h11,13,15-16H,4-10,12H2,1-3H3. The molecule has 1 amide bonds. The topological polar surface area (TPSA) is 54.3 Å². The van der Waals surface area contributed by atoms with Crippen LogP contribution in [-0.4, -0.2) is 62.7 Å². The number of carbonyl (C=O) groups is 1. The maximum atomic E-state index is 13.6.